The van der Waals surface area contributed by atoms with Crippen LogP contribution in [0.3, 0.4) is 0 Å². The molecule has 100 valence electrons. The van der Waals surface area contributed by atoms with Crippen LogP contribution in [0.5, 0.6) is 0 Å². The molecule has 0 radical (unpaired) electrons. The summed E-state index contributed by atoms with van der Waals surface area (Å²) in [5.41, 5.74) is 0.689. The Bertz CT molecular complexity index is 400. The number of nitrogens with zero attached hydrogens (tertiary/aromatic N) is 1. The lowest BCUT2D eigenvalue weighted by Crippen LogP contribution is -2.45. The molecule has 1 heterocycles. The van der Waals surface area contributed by atoms with Crippen LogP contribution in [0.2, 0.25) is 0 Å². The third kappa shape index (κ3) is 2.93. The van der Waals surface area contributed by atoms with E-state index in [4.69, 9.17) is 0 Å². The number of rotatable bonds is 4. The predicted molar refractivity (Wildman–Crippen MR) is 70.5 cm³/mol. The molecule has 0 aromatic carbocycles. The first kappa shape index (κ1) is 13.1. The Morgan fingerprint density at radius 2 is 2.28 bits per heavy atom. The number of carbonyl (C=O) groups excluding carboxylic acids is 1. The van der Waals surface area contributed by atoms with E-state index in [1.807, 2.05) is 22.9 Å². The fourth-order valence-corrected chi connectivity index (χ4v) is 2.58. The molecule has 1 amide bonds. The number of hydrogen-bond acceptors (Lipinski definition) is 2. The van der Waals surface area contributed by atoms with Gasteiger partial charge in [0.15, 0.2) is 0 Å². The maximum atomic E-state index is 12.2. The Hall–Kier alpha value is -1.29. The minimum atomic E-state index is -0.391. The summed E-state index contributed by atoms with van der Waals surface area (Å²) in [5, 5.41) is 12.8. The zero-order chi connectivity index (χ0) is 13.0. The van der Waals surface area contributed by atoms with E-state index in [0.29, 0.717) is 5.69 Å². The van der Waals surface area contributed by atoms with Crippen molar-refractivity contribution in [3.8, 4) is 0 Å². The molecule has 4 nitrogen and oxygen atoms in total. The molecule has 2 atom stereocenters. The molecule has 0 aliphatic heterocycles. The molecule has 1 aromatic rings. The molecule has 0 bridgehead atoms. The first-order chi connectivity index (χ1) is 8.72. The van der Waals surface area contributed by atoms with Crippen LogP contribution in [0.15, 0.2) is 18.3 Å². The maximum absolute atomic E-state index is 12.2. The molecule has 0 saturated heterocycles. The van der Waals surface area contributed by atoms with E-state index in [-0.39, 0.29) is 11.9 Å². The van der Waals surface area contributed by atoms with Gasteiger partial charge in [0.25, 0.3) is 5.91 Å². The molecule has 1 aliphatic rings. The second kappa shape index (κ2) is 6.05. The van der Waals surface area contributed by atoms with E-state index in [2.05, 4.69) is 12.2 Å². The van der Waals surface area contributed by atoms with Crippen LogP contribution < -0.4 is 5.32 Å². The summed E-state index contributed by atoms with van der Waals surface area (Å²) < 4.78 is 1.96. The Morgan fingerprint density at radius 1 is 1.50 bits per heavy atom. The average Bonchev–Trinajstić information content (AvgIpc) is 2.81. The van der Waals surface area contributed by atoms with E-state index in [1.165, 1.54) is 0 Å². The second-order valence-corrected chi connectivity index (χ2v) is 5.02. The fraction of sp³-hybridized carbons (Fsp3) is 0.643. The van der Waals surface area contributed by atoms with Gasteiger partial charge in [-0.05, 0) is 31.4 Å². The lowest BCUT2D eigenvalue weighted by Gasteiger charge is -2.28. The summed E-state index contributed by atoms with van der Waals surface area (Å²) in [5.74, 6) is -0.0700. The second-order valence-electron chi connectivity index (χ2n) is 5.02. The van der Waals surface area contributed by atoms with Gasteiger partial charge in [-0.15, -0.1) is 0 Å². The first-order valence-corrected chi connectivity index (χ1v) is 6.86. The highest BCUT2D eigenvalue weighted by Crippen LogP contribution is 2.18. The van der Waals surface area contributed by atoms with Gasteiger partial charge in [-0.2, -0.15) is 0 Å². The van der Waals surface area contributed by atoms with E-state index >= 15 is 0 Å². The minimum absolute atomic E-state index is 0.0700. The van der Waals surface area contributed by atoms with Crippen molar-refractivity contribution in [2.75, 3.05) is 0 Å². The monoisotopic (exact) mass is 250 g/mol. The molecule has 1 saturated carbocycles. The summed E-state index contributed by atoms with van der Waals surface area (Å²) in [6, 6.07) is 3.64. The Kier molecular flexibility index (Phi) is 4.42. The van der Waals surface area contributed by atoms with Gasteiger partial charge < -0.3 is 15.0 Å². The molecule has 0 spiro atoms. The molecule has 4 heteroatoms. The van der Waals surface area contributed by atoms with Gasteiger partial charge in [-0.25, -0.2) is 0 Å². The van der Waals surface area contributed by atoms with Gasteiger partial charge in [0.2, 0.25) is 0 Å². The van der Waals surface area contributed by atoms with Crippen LogP contribution in [0, 0.1) is 0 Å². The number of carbonyl (C=O) groups is 1. The highest BCUT2D eigenvalue weighted by Gasteiger charge is 2.25. The molecule has 18 heavy (non-hydrogen) atoms. The lowest BCUT2D eigenvalue weighted by atomic mass is 9.92. The largest absolute Gasteiger partial charge is 0.391 e. The number of aliphatic hydroxyl groups excluding tert-OH is 1. The summed E-state index contributed by atoms with van der Waals surface area (Å²) >= 11 is 0. The molecule has 1 fully saturated rings. The van der Waals surface area contributed by atoms with Gasteiger partial charge in [0.05, 0.1) is 12.1 Å². The number of nitrogens with one attached hydrogen (secondary N) is 1. The van der Waals surface area contributed by atoms with Gasteiger partial charge in [0.1, 0.15) is 5.69 Å². The van der Waals surface area contributed by atoms with E-state index in [1.54, 1.807) is 0 Å². The van der Waals surface area contributed by atoms with Crippen LogP contribution in [0.4, 0.5) is 0 Å². The third-order valence-corrected chi connectivity index (χ3v) is 3.57. The Balaban J connectivity index is 2.00. The quantitative estimate of drug-likeness (QED) is 0.858. The number of aliphatic hydroxyl groups is 1. The van der Waals surface area contributed by atoms with Crippen molar-refractivity contribution in [1.29, 1.82) is 0 Å². The van der Waals surface area contributed by atoms with Crippen molar-refractivity contribution >= 4 is 5.91 Å². The van der Waals surface area contributed by atoms with Crippen LogP contribution >= 0.6 is 0 Å². The minimum Gasteiger partial charge on any atom is -0.391 e. The Labute approximate surface area is 108 Å². The molecule has 1 aliphatic carbocycles. The van der Waals surface area contributed by atoms with Crippen molar-refractivity contribution in [1.82, 2.24) is 9.88 Å². The Morgan fingerprint density at radius 3 is 3.00 bits per heavy atom. The number of amides is 1. The zero-order valence-corrected chi connectivity index (χ0v) is 10.9. The first-order valence-electron chi connectivity index (χ1n) is 6.86. The van der Waals surface area contributed by atoms with Crippen LogP contribution in [0.1, 0.15) is 49.5 Å². The molecule has 2 N–H and O–H groups in total. The van der Waals surface area contributed by atoms with E-state index < -0.39 is 6.10 Å². The zero-order valence-electron chi connectivity index (χ0n) is 10.9. The number of aryl methyl sites for hydroxylation is 1. The molecule has 1 aromatic heterocycles. The van der Waals surface area contributed by atoms with Crippen molar-refractivity contribution in [3.63, 3.8) is 0 Å². The van der Waals surface area contributed by atoms with Crippen LogP contribution in [-0.4, -0.2) is 27.7 Å². The standard InChI is InChI=1S/C14H22N2O2/c1-2-9-16-10-5-7-12(16)14(18)15-11-6-3-4-8-13(11)17/h5,7,10-11,13,17H,2-4,6,8-9H2,1H3,(H,15,18)/t11-,13-/m1/s1. The topological polar surface area (TPSA) is 54.3 Å². The van der Waals surface area contributed by atoms with Gasteiger partial charge >= 0.3 is 0 Å². The normalized spacial score (nSPS) is 23.9. The van der Waals surface area contributed by atoms with E-state index in [0.717, 1.165) is 38.6 Å². The smallest absolute Gasteiger partial charge is 0.268 e. The van der Waals surface area contributed by atoms with Crippen molar-refractivity contribution in [2.24, 2.45) is 0 Å². The van der Waals surface area contributed by atoms with Crippen molar-refractivity contribution in [3.05, 3.63) is 24.0 Å². The molecule has 2 rings (SSSR count). The molecular weight excluding hydrogens is 228 g/mol. The lowest BCUT2D eigenvalue weighted by molar-refractivity contribution is 0.0710. The highest BCUT2D eigenvalue weighted by atomic mass is 16.3. The van der Waals surface area contributed by atoms with Gasteiger partial charge in [-0.3, -0.25) is 4.79 Å². The fourth-order valence-electron chi connectivity index (χ4n) is 2.58. The van der Waals surface area contributed by atoms with Crippen LogP contribution in [0.25, 0.3) is 0 Å². The molecule has 0 unspecified atom stereocenters. The summed E-state index contributed by atoms with van der Waals surface area (Å²) in [4.78, 5) is 12.2. The summed E-state index contributed by atoms with van der Waals surface area (Å²) in [7, 11) is 0. The predicted octanol–water partition coefficient (Wildman–Crippen LogP) is 1.93. The highest BCUT2D eigenvalue weighted by molar-refractivity contribution is 5.93. The van der Waals surface area contributed by atoms with Gasteiger partial charge in [-0.1, -0.05) is 19.8 Å². The van der Waals surface area contributed by atoms with Crippen LogP contribution in [-0.2, 0) is 6.54 Å². The van der Waals surface area contributed by atoms with Crippen molar-refractivity contribution in [2.45, 2.75) is 57.7 Å². The SMILES string of the molecule is CCCn1cccc1C(=O)N[C@@H]1CCCC[C@H]1O. The maximum Gasteiger partial charge on any atom is 0.268 e. The number of aromatic nitrogens is 1. The summed E-state index contributed by atoms with van der Waals surface area (Å²) in [6.45, 7) is 2.94. The summed E-state index contributed by atoms with van der Waals surface area (Å²) in [6.07, 6.45) is 6.34. The van der Waals surface area contributed by atoms with E-state index in [9.17, 15) is 9.90 Å². The molecular formula is C14H22N2O2. The number of hydrogen-bond donors (Lipinski definition) is 2. The van der Waals surface area contributed by atoms with Crippen molar-refractivity contribution < 1.29 is 9.90 Å². The average molecular weight is 250 g/mol. The third-order valence-electron chi connectivity index (χ3n) is 3.57. The van der Waals surface area contributed by atoms with Gasteiger partial charge in [0, 0.05) is 12.7 Å².